The van der Waals surface area contributed by atoms with Gasteiger partial charge in [-0.15, -0.1) is 0 Å². The molecule has 0 heterocycles. The van der Waals surface area contributed by atoms with Gasteiger partial charge in [-0.05, 0) is 43.7 Å². The maximum atomic E-state index is 3.46. The summed E-state index contributed by atoms with van der Waals surface area (Å²) in [5.41, 5.74) is 5.04. The zero-order valence-electron chi connectivity index (χ0n) is 12.0. The van der Waals surface area contributed by atoms with Gasteiger partial charge in [0.15, 0.2) is 0 Å². The molecule has 2 rings (SSSR count). The molecule has 2 nitrogen and oxygen atoms in total. The van der Waals surface area contributed by atoms with Crippen molar-refractivity contribution < 1.29 is 0 Å². The lowest BCUT2D eigenvalue weighted by Gasteiger charge is -2.20. The summed E-state index contributed by atoms with van der Waals surface area (Å²) in [5.74, 6) is 0. The molecule has 1 N–H and O–H groups in total. The van der Waals surface area contributed by atoms with Gasteiger partial charge in [-0.3, -0.25) is 0 Å². The van der Waals surface area contributed by atoms with Crippen LogP contribution in [-0.4, -0.2) is 20.1 Å². The van der Waals surface area contributed by atoms with Crippen LogP contribution in [0.5, 0.6) is 0 Å². The van der Waals surface area contributed by atoms with E-state index >= 15 is 0 Å². The Morgan fingerprint density at radius 3 is 2.37 bits per heavy atom. The van der Waals surface area contributed by atoms with E-state index in [2.05, 4.69) is 79.6 Å². The van der Waals surface area contributed by atoms with Crippen LogP contribution >= 0.6 is 0 Å². The molecule has 0 spiro atoms. The Labute approximate surface area is 116 Å². The van der Waals surface area contributed by atoms with Crippen LogP contribution < -0.4 is 10.2 Å². The van der Waals surface area contributed by atoms with Crippen molar-refractivity contribution in [2.45, 2.75) is 13.8 Å². The number of rotatable bonds is 5. The van der Waals surface area contributed by atoms with E-state index < -0.39 is 0 Å². The minimum Gasteiger partial charge on any atom is -0.383 e. The molecule has 19 heavy (non-hydrogen) atoms. The summed E-state index contributed by atoms with van der Waals surface area (Å²) in [6, 6.07) is 17.1. The summed E-state index contributed by atoms with van der Waals surface area (Å²) >= 11 is 0. The van der Waals surface area contributed by atoms with Crippen molar-refractivity contribution >= 4 is 11.4 Å². The Kier molecular flexibility index (Phi) is 4.45. The van der Waals surface area contributed by atoms with Gasteiger partial charge in [0.1, 0.15) is 0 Å². The van der Waals surface area contributed by atoms with Crippen LogP contribution in [0.1, 0.15) is 11.1 Å². The molecule has 0 atom stereocenters. The van der Waals surface area contributed by atoms with E-state index in [1.807, 2.05) is 0 Å². The molecule has 2 heteroatoms. The Morgan fingerprint density at radius 2 is 1.68 bits per heavy atom. The van der Waals surface area contributed by atoms with Crippen molar-refractivity contribution in [1.82, 2.24) is 0 Å². The van der Waals surface area contributed by atoms with Gasteiger partial charge >= 0.3 is 0 Å². The van der Waals surface area contributed by atoms with E-state index in [1.165, 1.54) is 22.5 Å². The molecule has 0 saturated heterocycles. The van der Waals surface area contributed by atoms with E-state index in [0.717, 1.165) is 13.1 Å². The highest BCUT2D eigenvalue weighted by Gasteiger charge is 2.00. The number of aryl methyl sites for hydroxylation is 2. The van der Waals surface area contributed by atoms with Crippen LogP contribution in [0.2, 0.25) is 0 Å². The monoisotopic (exact) mass is 254 g/mol. The van der Waals surface area contributed by atoms with Crippen molar-refractivity contribution in [3.63, 3.8) is 0 Å². The van der Waals surface area contributed by atoms with Crippen molar-refractivity contribution in [1.29, 1.82) is 0 Å². The highest BCUT2D eigenvalue weighted by molar-refractivity contribution is 5.48. The van der Waals surface area contributed by atoms with Gasteiger partial charge in [-0.1, -0.05) is 29.8 Å². The molecule has 0 aliphatic carbocycles. The van der Waals surface area contributed by atoms with Crippen LogP contribution in [0.25, 0.3) is 0 Å². The molecule has 100 valence electrons. The molecule has 0 radical (unpaired) electrons. The zero-order valence-corrected chi connectivity index (χ0v) is 12.0. The Bertz CT molecular complexity index is 517. The molecule has 2 aromatic carbocycles. The van der Waals surface area contributed by atoms with Gasteiger partial charge in [-0.25, -0.2) is 0 Å². The van der Waals surface area contributed by atoms with Gasteiger partial charge in [0.25, 0.3) is 0 Å². The van der Waals surface area contributed by atoms with E-state index in [0.29, 0.717) is 0 Å². The number of benzene rings is 2. The number of nitrogens with one attached hydrogen (secondary N) is 1. The zero-order chi connectivity index (χ0) is 13.7. The Hall–Kier alpha value is -1.96. The molecular weight excluding hydrogens is 232 g/mol. The highest BCUT2D eigenvalue weighted by Crippen LogP contribution is 2.13. The fourth-order valence-corrected chi connectivity index (χ4v) is 2.05. The fourth-order valence-electron chi connectivity index (χ4n) is 2.05. The maximum Gasteiger partial charge on any atom is 0.0364 e. The first kappa shape index (κ1) is 13.5. The minimum absolute atomic E-state index is 0.938. The van der Waals surface area contributed by atoms with Crippen LogP contribution in [0.15, 0.2) is 48.5 Å². The van der Waals surface area contributed by atoms with E-state index in [1.54, 1.807) is 0 Å². The van der Waals surface area contributed by atoms with Gasteiger partial charge in [0.05, 0.1) is 0 Å². The van der Waals surface area contributed by atoms with Crippen LogP contribution in [-0.2, 0) is 0 Å². The van der Waals surface area contributed by atoms with E-state index in [4.69, 9.17) is 0 Å². The normalized spacial score (nSPS) is 10.3. The molecule has 0 saturated carbocycles. The third-order valence-electron chi connectivity index (χ3n) is 3.27. The number of hydrogen-bond donors (Lipinski definition) is 1. The van der Waals surface area contributed by atoms with Crippen molar-refractivity contribution in [3.8, 4) is 0 Å². The highest BCUT2D eigenvalue weighted by atomic mass is 15.1. The van der Waals surface area contributed by atoms with Crippen molar-refractivity contribution in [2.24, 2.45) is 0 Å². The summed E-state index contributed by atoms with van der Waals surface area (Å²) in [7, 11) is 2.13. The van der Waals surface area contributed by atoms with Gasteiger partial charge in [-0.2, -0.15) is 0 Å². The summed E-state index contributed by atoms with van der Waals surface area (Å²) in [4.78, 5) is 2.27. The predicted molar refractivity (Wildman–Crippen MR) is 84.1 cm³/mol. The van der Waals surface area contributed by atoms with Crippen LogP contribution in [0.3, 0.4) is 0 Å². The van der Waals surface area contributed by atoms with Crippen LogP contribution in [0.4, 0.5) is 11.4 Å². The third kappa shape index (κ3) is 4.02. The molecule has 2 aromatic rings. The van der Waals surface area contributed by atoms with E-state index in [-0.39, 0.29) is 0 Å². The third-order valence-corrected chi connectivity index (χ3v) is 3.27. The first-order valence-corrected chi connectivity index (χ1v) is 6.73. The minimum atomic E-state index is 0.938. The molecule has 0 aliphatic heterocycles. The predicted octanol–water partition coefficient (Wildman–Crippen LogP) is 3.85. The molecule has 0 amide bonds. The average Bonchev–Trinajstić information content (AvgIpc) is 2.39. The summed E-state index contributed by atoms with van der Waals surface area (Å²) in [6.07, 6.45) is 0. The van der Waals surface area contributed by atoms with E-state index in [9.17, 15) is 0 Å². The number of nitrogens with zero attached hydrogens (tertiary/aromatic N) is 1. The van der Waals surface area contributed by atoms with Gasteiger partial charge in [0, 0.05) is 31.5 Å². The quantitative estimate of drug-likeness (QED) is 0.871. The second-order valence-corrected chi connectivity index (χ2v) is 5.05. The molecule has 0 unspecified atom stereocenters. The fraction of sp³-hybridized carbons (Fsp3) is 0.294. The second kappa shape index (κ2) is 6.28. The first-order chi connectivity index (χ1) is 9.15. The topological polar surface area (TPSA) is 15.3 Å². The lowest BCUT2D eigenvalue weighted by Crippen LogP contribution is -2.24. The van der Waals surface area contributed by atoms with Gasteiger partial charge in [0.2, 0.25) is 0 Å². The molecule has 0 bridgehead atoms. The molecule has 0 aliphatic rings. The van der Waals surface area contributed by atoms with Crippen molar-refractivity contribution in [3.05, 3.63) is 59.7 Å². The molecule has 0 aromatic heterocycles. The SMILES string of the molecule is Cc1ccc(N(C)CCNc2cccc(C)c2)cc1. The van der Waals surface area contributed by atoms with Gasteiger partial charge < -0.3 is 10.2 Å². The lowest BCUT2D eigenvalue weighted by atomic mass is 10.2. The largest absolute Gasteiger partial charge is 0.383 e. The first-order valence-electron chi connectivity index (χ1n) is 6.73. The summed E-state index contributed by atoms with van der Waals surface area (Å²) in [5, 5.41) is 3.46. The Balaban J connectivity index is 1.84. The average molecular weight is 254 g/mol. The van der Waals surface area contributed by atoms with Crippen molar-refractivity contribution in [2.75, 3.05) is 30.4 Å². The number of hydrogen-bond acceptors (Lipinski definition) is 2. The lowest BCUT2D eigenvalue weighted by molar-refractivity contribution is 0.914. The van der Waals surface area contributed by atoms with Crippen LogP contribution in [0, 0.1) is 13.8 Å². The summed E-state index contributed by atoms with van der Waals surface area (Å²) in [6.45, 7) is 6.15. The standard InChI is InChI=1S/C17H22N2/c1-14-7-9-17(10-8-14)19(3)12-11-18-16-6-4-5-15(2)13-16/h4-10,13,18H,11-12H2,1-3H3. The Morgan fingerprint density at radius 1 is 0.947 bits per heavy atom. The number of likely N-dealkylation sites (N-methyl/N-ethyl adjacent to an activating group) is 1. The molecule has 0 fully saturated rings. The maximum absolute atomic E-state index is 3.46. The summed E-state index contributed by atoms with van der Waals surface area (Å²) < 4.78 is 0. The molecular formula is C17H22N2. The number of anilines is 2. The second-order valence-electron chi connectivity index (χ2n) is 5.05. The smallest absolute Gasteiger partial charge is 0.0364 e.